The second-order valence-electron chi connectivity index (χ2n) is 6.56. The predicted molar refractivity (Wildman–Crippen MR) is 114 cm³/mol. The largest absolute Gasteiger partial charge is 0.340 e. The summed E-state index contributed by atoms with van der Waals surface area (Å²) < 4.78 is 0.519. The summed E-state index contributed by atoms with van der Waals surface area (Å²) in [6, 6.07) is 9.90. The van der Waals surface area contributed by atoms with Crippen molar-refractivity contribution in [3.8, 4) is 0 Å². The molecule has 0 saturated carbocycles. The first kappa shape index (κ1) is 19.8. The molecule has 2 heterocycles. The molecule has 2 aliphatic heterocycles. The summed E-state index contributed by atoms with van der Waals surface area (Å²) in [5, 5.41) is 0. The highest BCUT2D eigenvalue weighted by Crippen LogP contribution is 2.31. The van der Waals surface area contributed by atoms with Gasteiger partial charge in [-0.25, -0.2) is 0 Å². The lowest BCUT2D eigenvalue weighted by molar-refractivity contribution is -0.133. The fourth-order valence-electron chi connectivity index (χ4n) is 2.94. The number of nitrogens with zero attached hydrogens (tertiary/aromatic N) is 3. The number of rotatable bonds is 5. The Morgan fingerprint density at radius 2 is 1.89 bits per heavy atom. The van der Waals surface area contributed by atoms with E-state index in [-0.39, 0.29) is 11.8 Å². The van der Waals surface area contributed by atoms with Gasteiger partial charge in [-0.3, -0.25) is 14.5 Å². The molecule has 2 saturated heterocycles. The lowest BCUT2D eigenvalue weighted by atomic mass is 10.2. The summed E-state index contributed by atoms with van der Waals surface area (Å²) in [7, 11) is 2.06. The molecule has 0 aliphatic carbocycles. The first-order chi connectivity index (χ1) is 13.0. The van der Waals surface area contributed by atoms with Crippen LogP contribution in [0.1, 0.15) is 12.0 Å². The number of thioether (sulfide) groups is 1. The SMILES string of the molecule is CN1CCN(C(=O)CCN2C(=O)C(=CC=Cc3ccccc3)SC2=S)CC1. The molecule has 2 aliphatic rings. The Bertz CT molecular complexity index is 769. The van der Waals surface area contributed by atoms with Gasteiger partial charge in [0.05, 0.1) is 4.91 Å². The molecule has 3 rings (SSSR count). The van der Waals surface area contributed by atoms with Crippen LogP contribution in [0.25, 0.3) is 6.08 Å². The molecule has 2 amide bonds. The molecular weight excluding hydrogens is 378 g/mol. The van der Waals surface area contributed by atoms with Crippen molar-refractivity contribution in [2.75, 3.05) is 39.8 Å². The number of hydrogen-bond acceptors (Lipinski definition) is 5. The molecule has 0 radical (unpaired) electrons. The summed E-state index contributed by atoms with van der Waals surface area (Å²) in [5.74, 6) is -0.0287. The molecule has 7 heteroatoms. The lowest BCUT2D eigenvalue weighted by Crippen LogP contribution is -2.47. The summed E-state index contributed by atoms with van der Waals surface area (Å²) in [4.78, 5) is 31.2. The van der Waals surface area contributed by atoms with Crippen LogP contribution in [0.3, 0.4) is 0 Å². The zero-order valence-corrected chi connectivity index (χ0v) is 17.0. The topological polar surface area (TPSA) is 43.9 Å². The number of likely N-dealkylation sites (N-methyl/N-ethyl adjacent to an activating group) is 1. The first-order valence-electron chi connectivity index (χ1n) is 8.98. The smallest absolute Gasteiger partial charge is 0.266 e. The zero-order valence-electron chi connectivity index (χ0n) is 15.3. The van der Waals surface area contributed by atoms with Crippen LogP contribution in [0.5, 0.6) is 0 Å². The fraction of sp³-hybridized carbons (Fsp3) is 0.350. The molecule has 0 atom stereocenters. The molecule has 0 unspecified atom stereocenters. The van der Waals surface area contributed by atoms with Gasteiger partial charge in [0.2, 0.25) is 5.91 Å². The maximum absolute atomic E-state index is 12.6. The van der Waals surface area contributed by atoms with Crippen molar-refractivity contribution in [2.24, 2.45) is 0 Å². The Labute approximate surface area is 169 Å². The second kappa shape index (κ2) is 9.30. The van der Waals surface area contributed by atoms with Gasteiger partial charge in [0.15, 0.2) is 0 Å². The number of hydrogen-bond donors (Lipinski definition) is 0. The molecule has 0 bridgehead atoms. The Morgan fingerprint density at radius 3 is 2.59 bits per heavy atom. The Kier molecular flexibility index (Phi) is 6.82. The minimum Gasteiger partial charge on any atom is -0.340 e. The van der Waals surface area contributed by atoms with Gasteiger partial charge >= 0.3 is 0 Å². The number of carbonyl (C=O) groups is 2. The van der Waals surface area contributed by atoms with Crippen LogP contribution in [-0.4, -0.2) is 70.6 Å². The third-order valence-corrected chi connectivity index (χ3v) is 6.01. The maximum Gasteiger partial charge on any atom is 0.266 e. The quantitative estimate of drug-likeness (QED) is 0.561. The van der Waals surface area contributed by atoms with Gasteiger partial charge in [0, 0.05) is 39.1 Å². The molecule has 1 aromatic carbocycles. The average molecular weight is 402 g/mol. The molecule has 0 N–H and O–H groups in total. The molecule has 5 nitrogen and oxygen atoms in total. The van der Waals surface area contributed by atoms with Crippen molar-refractivity contribution in [3.63, 3.8) is 0 Å². The van der Waals surface area contributed by atoms with Crippen molar-refractivity contribution in [1.82, 2.24) is 14.7 Å². The highest BCUT2D eigenvalue weighted by atomic mass is 32.2. The van der Waals surface area contributed by atoms with Crippen LogP contribution >= 0.6 is 24.0 Å². The van der Waals surface area contributed by atoms with Gasteiger partial charge in [-0.2, -0.15) is 0 Å². The minimum atomic E-state index is -0.117. The van der Waals surface area contributed by atoms with E-state index in [0.717, 1.165) is 31.7 Å². The molecule has 0 aromatic heterocycles. The number of thiocarbonyl (C=S) groups is 1. The highest BCUT2D eigenvalue weighted by Gasteiger charge is 2.32. The summed E-state index contributed by atoms with van der Waals surface area (Å²) in [6.45, 7) is 3.62. The molecule has 0 spiro atoms. The van der Waals surface area contributed by atoms with E-state index in [4.69, 9.17) is 12.2 Å². The van der Waals surface area contributed by atoms with Gasteiger partial charge in [-0.15, -0.1) is 0 Å². The molecular formula is C20H23N3O2S2. The van der Waals surface area contributed by atoms with E-state index in [1.54, 1.807) is 6.08 Å². The van der Waals surface area contributed by atoms with Crippen molar-refractivity contribution < 1.29 is 9.59 Å². The molecule has 142 valence electrons. The molecule has 1 aromatic rings. The van der Waals surface area contributed by atoms with E-state index in [9.17, 15) is 9.59 Å². The maximum atomic E-state index is 12.6. The van der Waals surface area contributed by atoms with E-state index in [1.807, 2.05) is 47.4 Å². The predicted octanol–water partition coefficient (Wildman–Crippen LogP) is 2.61. The van der Waals surface area contributed by atoms with Gasteiger partial charge < -0.3 is 9.80 Å². The number of carbonyl (C=O) groups excluding carboxylic acids is 2. The average Bonchev–Trinajstić information content (AvgIpc) is 2.94. The summed E-state index contributed by atoms with van der Waals surface area (Å²) in [5.41, 5.74) is 1.07. The standard InChI is InChI=1S/C20H23N3O2S2/c1-21-12-14-22(15-13-21)18(24)10-11-23-19(25)17(27-20(23)26)9-5-8-16-6-3-2-4-7-16/h2-9H,10-15H2,1H3. The van der Waals surface area contributed by atoms with E-state index < -0.39 is 0 Å². The van der Waals surface area contributed by atoms with Gasteiger partial charge in [-0.1, -0.05) is 66.5 Å². The monoisotopic (exact) mass is 401 g/mol. The van der Waals surface area contributed by atoms with Crippen molar-refractivity contribution in [3.05, 3.63) is 53.0 Å². The van der Waals surface area contributed by atoms with Crippen molar-refractivity contribution >= 4 is 46.2 Å². The number of benzene rings is 1. The van der Waals surface area contributed by atoms with Gasteiger partial charge in [0.25, 0.3) is 5.91 Å². The van der Waals surface area contributed by atoms with Gasteiger partial charge in [-0.05, 0) is 18.7 Å². The van der Waals surface area contributed by atoms with Crippen LogP contribution in [0, 0.1) is 0 Å². The summed E-state index contributed by atoms with van der Waals surface area (Å²) >= 11 is 6.62. The third kappa shape index (κ3) is 5.28. The second-order valence-corrected chi connectivity index (χ2v) is 8.24. The number of amides is 2. The normalized spacial score (nSPS) is 20.3. The van der Waals surface area contributed by atoms with Crippen LogP contribution in [-0.2, 0) is 9.59 Å². The number of allylic oxidation sites excluding steroid dienone is 2. The van der Waals surface area contributed by atoms with Crippen LogP contribution < -0.4 is 0 Å². The van der Waals surface area contributed by atoms with Crippen molar-refractivity contribution in [1.29, 1.82) is 0 Å². The van der Waals surface area contributed by atoms with Crippen LogP contribution in [0.2, 0.25) is 0 Å². The fourth-order valence-corrected chi connectivity index (χ4v) is 4.20. The molecule has 27 heavy (non-hydrogen) atoms. The van der Waals surface area contributed by atoms with E-state index in [1.165, 1.54) is 16.7 Å². The Balaban J connectivity index is 1.54. The number of piperazine rings is 1. The zero-order chi connectivity index (χ0) is 19.2. The van der Waals surface area contributed by atoms with Crippen molar-refractivity contribution in [2.45, 2.75) is 6.42 Å². The minimum absolute atomic E-state index is 0.0881. The van der Waals surface area contributed by atoms with Crippen LogP contribution in [0.4, 0.5) is 0 Å². The summed E-state index contributed by atoms with van der Waals surface area (Å²) in [6.07, 6.45) is 5.90. The third-order valence-electron chi connectivity index (χ3n) is 4.61. The van der Waals surface area contributed by atoms with E-state index in [2.05, 4.69) is 11.9 Å². The van der Waals surface area contributed by atoms with Crippen LogP contribution in [0.15, 0.2) is 47.4 Å². The van der Waals surface area contributed by atoms with E-state index >= 15 is 0 Å². The Morgan fingerprint density at radius 1 is 1.19 bits per heavy atom. The van der Waals surface area contributed by atoms with E-state index in [0.29, 0.717) is 22.2 Å². The first-order valence-corrected chi connectivity index (χ1v) is 10.2. The highest BCUT2D eigenvalue weighted by molar-refractivity contribution is 8.26. The Hall–Kier alpha value is -1.96. The molecule has 2 fully saturated rings. The van der Waals surface area contributed by atoms with Gasteiger partial charge in [0.1, 0.15) is 4.32 Å². The lowest BCUT2D eigenvalue weighted by Gasteiger charge is -2.32.